The Kier molecular flexibility index (Phi) is 3.30. The van der Waals surface area contributed by atoms with Crippen LogP contribution in [0.1, 0.15) is 25.7 Å². The standard InChI is InChI=1S/C13H15ClFN3/c1-7(2)18-8(3)17-12(13(18)16)9-5-4-6-10(14)11(9)15/h4-7H,16H2,1-3H3. The fourth-order valence-corrected chi connectivity index (χ4v) is 2.27. The SMILES string of the molecule is Cc1nc(-c2cccc(Cl)c2F)c(N)n1C(C)C. The van der Waals surface area contributed by atoms with Crippen LogP contribution in [0.25, 0.3) is 11.3 Å². The Labute approximate surface area is 110 Å². The van der Waals surface area contributed by atoms with Gasteiger partial charge >= 0.3 is 0 Å². The zero-order valence-corrected chi connectivity index (χ0v) is 11.3. The molecule has 1 aromatic heterocycles. The minimum Gasteiger partial charge on any atom is -0.383 e. The summed E-state index contributed by atoms with van der Waals surface area (Å²) < 4.78 is 15.8. The number of nitrogens with two attached hydrogens (primary N) is 1. The van der Waals surface area contributed by atoms with E-state index in [1.807, 2.05) is 25.3 Å². The molecule has 0 atom stereocenters. The molecule has 0 aliphatic heterocycles. The smallest absolute Gasteiger partial charge is 0.151 e. The summed E-state index contributed by atoms with van der Waals surface area (Å²) >= 11 is 5.77. The fourth-order valence-electron chi connectivity index (χ4n) is 2.10. The molecule has 0 radical (unpaired) electrons. The summed E-state index contributed by atoms with van der Waals surface area (Å²) in [6.07, 6.45) is 0. The molecule has 96 valence electrons. The molecule has 2 N–H and O–H groups in total. The van der Waals surface area contributed by atoms with Gasteiger partial charge < -0.3 is 10.3 Å². The zero-order chi connectivity index (χ0) is 13.4. The van der Waals surface area contributed by atoms with Crippen LogP contribution < -0.4 is 5.73 Å². The van der Waals surface area contributed by atoms with E-state index in [4.69, 9.17) is 17.3 Å². The Morgan fingerprint density at radius 1 is 1.39 bits per heavy atom. The Morgan fingerprint density at radius 2 is 2.06 bits per heavy atom. The third-order valence-corrected chi connectivity index (χ3v) is 3.14. The third kappa shape index (κ3) is 1.97. The van der Waals surface area contributed by atoms with Crippen LogP contribution in [0.2, 0.25) is 5.02 Å². The second-order valence-electron chi connectivity index (χ2n) is 4.46. The first-order valence-corrected chi connectivity index (χ1v) is 6.10. The highest BCUT2D eigenvalue weighted by atomic mass is 35.5. The lowest BCUT2D eigenvalue weighted by molar-refractivity contribution is 0.590. The number of hydrogen-bond donors (Lipinski definition) is 1. The molecule has 0 aliphatic carbocycles. The molecule has 0 amide bonds. The lowest BCUT2D eigenvalue weighted by Gasteiger charge is -2.11. The van der Waals surface area contributed by atoms with Crippen LogP contribution in [0.3, 0.4) is 0 Å². The first-order valence-electron chi connectivity index (χ1n) is 5.72. The number of imidazole rings is 1. The van der Waals surface area contributed by atoms with Gasteiger partial charge in [0.25, 0.3) is 0 Å². The monoisotopic (exact) mass is 267 g/mol. The molecule has 0 bridgehead atoms. The molecule has 1 aromatic carbocycles. The average molecular weight is 268 g/mol. The molecular formula is C13H15ClFN3. The van der Waals surface area contributed by atoms with E-state index >= 15 is 0 Å². The van der Waals surface area contributed by atoms with Gasteiger partial charge in [-0.15, -0.1) is 0 Å². The topological polar surface area (TPSA) is 43.8 Å². The van der Waals surface area contributed by atoms with Crippen molar-refractivity contribution < 1.29 is 4.39 Å². The second-order valence-corrected chi connectivity index (χ2v) is 4.87. The van der Waals surface area contributed by atoms with Crippen LogP contribution in [0.5, 0.6) is 0 Å². The number of anilines is 1. The summed E-state index contributed by atoms with van der Waals surface area (Å²) in [4.78, 5) is 4.34. The van der Waals surface area contributed by atoms with Gasteiger partial charge in [0.05, 0.1) is 5.02 Å². The molecule has 18 heavy (non-hydrogen) atoms. The van der Waals surface area contributed by atoms with Crippen molar-refractivity contribution in [2.45, 2.75) is 26.8 Å². The highest BCUT2D eigenvalue weighted by molar-refractivity contribution is 6.31. The molecule has 3 nitrogen and oxygen atoms in total. The molecule has 0 aliphatic rings. The Balaban J connectivity index is 2.66. The number of hydrogen-bond acceptors (Lipinski definition) is 2. The summed E-state index contributed by atoms with van der Waals surface area (Å²) in [5.74, 6) is 0.736. The average Bonchev–Trinajstić information content (AvgIpc) is 2.58. The molecule has 0 saturated heterocycles. The van der Waals surface area contributed by atoms with Gasteiger partial charge in [-0.3, -0.25) is 0 Å². The van der Waals surface area contributed by atoms with Crippen LogP contribution in [-0.2, 0) is 0 Å². The number of nitrogens with zero attached hydrogens (tertiary/aromatic N) is 2. The van der Waals surface area contributed by atoms with Crippen LogP contribution in [0, 0.1) is 12.7 Å². The van der Waals surface area contributed by atoms with Gasteiger partial charge in [0.2, 0.25) is 0 Å². The maximum atomic E-state index is 14.0. The van der Waals surface area contributed by atoms with Crippen molar-refractivity contribution in [2.75, 3.05) is 5.73 Å². The lowest BCUT2D eigenvalue weighted by Crippen LogP contribution is -2.07. The van der Waals surface area contributed by atoms with Crippen molar-refractivity contribution >= 4 is 17.4 Å². The van der Waals surface area contributed by atoms with Crippen molar-refractivity contribution in [3.63, 3.8) is 0 Å². The summed E-state index contributed by atoms with van der Waals surface area (Å²) in [5, 5.41) is 0.0728. The van der Waals surface area contributed by atoms with E-state index in [1.165, 1.54) is 6.07 Å². The van der Waals surface area contributed by atoms with E-state index in [0.29, 0.717) is 17.1 Å². The number of rotatable bonds is 2. The number of aromatic nitrogens is 2. The molecule has 0 unspecified atom stereocenters. The van der Waals surface area contributed by atoms with E-state index in [2.05, 4.69) is 4.98 Å². The molecular weight excluding hydrogens is 253 g/mol. The second kappa shape index (κ2) is 4.61. The fraction of sp³-hybridized carbons (Fsp3) is 0.308. The minimum absolute atomic E-state index is 0.0728. The normalized spacial score (nSPS) is 11.2. The largest absolute Gasteiger partial charge is 0.383 e. The van der Waals surface area contributed by atoms with E-state index in [9.17, 15) is 4.39 Å². The third-order valence-electron chi connectivity index (χ3n) is 2.85. The highest BCUT2D eigenvalue weighted by Gasteiger charge is 2.19. The van der Waals surface area contributed by atoms with E-state index in [-0.39, 0.29) is 11.1 Å². The first kappa shape index (κ1) is 12.9. The molecule has 0 saturated carbocycles. The molecule has 2 aromatic rings. The van der Waals surface area contributed by atoms with Crippen LogP contribution >= 0.6 is 11.6 Å². The molecule has 1 heterocycles. The summed E-state index contributed by atoms with van der Waals surface area (Å²) in [5.41, 5.74) is 6.83. The maximum Gasteiger partial charge on any atom is 0.151 e. The van der Waals surface area contributed by atoms with Crippen LogP contribution in [0.15, 0.2) is 18.2 Å². The predicted molar refractivity (Wildman–Crippen MR) is 72.2 cm³/mol. The quantitative estimate of drug-likeness (QED) is 0.899. The Morgan fingerprint density at radius 3 is 2.61 bits per heavy atom. The Hall–Kier alpha value is -1.55. The number of nitrogen functional groups attached to an aromatic ring is 1. The van der Waals surface area contributed by atoms with Gasteiger partial charge in [0.15, 0.2) is 5.82 Å². The predicted octanol–water partition coefficient (Wildman–Crippen LogP) is 3.81. The lowest BCUT2D eigenvalue weighted by atomic mass is 10.1. The molecule has 2 rings (SSSR count). The van der Waals surface area contributed by atoms with Gasteiger partial charge in [-0.1, -0.05) is 17.7 Å². The zero-order valence-electron chi connectivity index (χ0n) is 10.5. The van der Waals surface area contributed by atoms with Gasteiger partial charge in [-0.2, -0.15) is 0 Å². The van der Waals surface area contributed by atoms with Crippen LogP contribution in [0.4, 0.5) is 10.2 Å². The molecule has 5 heteroatoms. The van der Waals surface area contributed by atoms with Gasteiger partial charge in [-0.05, 0) is 32.9 Å². The number of benzene rings is 1. The van der Waals surface area contributed by atoms with Crippen molar-refractivity contribution in [3.05, 3.63) is 34.9 Å². The van der Waals surface area contributed by atoms with Crippen LogP contribution in [-0.4, -0.2) is 9.55 Å². The molecule has 0 spiro atoms. The van der Waals surface area contributed by atoms with E-state index in [1.54, 1.807) is 12.1 Å². The van der Waals surface area contributed by atoms with Crippen molar-refractivity contribution in [1.82, 2.24) is 9.55 Å². The van der Waals surface area contributed by atoms with Gasteiger partial charge in [-0.25, -0.2) is 9.37 Å². The summed E-state index contributed by atoms with van der Waals surface area (Å²) in [6, 6.07) is 4.99. The van der Waals surface area contributed by atoms with Crippen molar-refractivity contribution in [1.29, 1.82) is 0 Å². The summed E-state index contributed by atoms with van der Waals surface area (Å²) in [6.45, 7) is 5.86. The minimum atomic E-state index is -0.487. The van der Waals surface area contributed by atoms with E-state index < -0.39 is 5.82 Å². The Bertz CT molecular complexity index is 590. The summed E-state index contributed by atoms with van der Waals surface area (Å²) in [7, 11) is 0. The van der Waals surface area contributed by atoms with E-state index in [0.717, 1.165) is 5.82 Å². The van der Waals surface area contributed by atoms with Crippen molar-refractivity contribution in [2.24, 2.45) is 0 Å². The number of aryl methyl sites for hydroxylation is 1. The van der Waals surface area contributed by atoms with Gasteiger partial charge in [0, 0.05) is 11.6 Å². The maximum absolute atomic E-state index is 14.0. The first-order chi connectivity index (χ1) is 8.43. The van der Waals surface area contributed by atoms with Crippen molar-refractivity contribution in [3.8, 4) is 11.3 Å². The van der Waals surface area contributed by atoms with Gasteiger partial charge in [0.1, 0.15) is 17.3 Å². The highest BCUT2D eigenvalue weighted by Crippen LogP contribution is 2.32. The molecule has 0 fully saturated rings. The number of halogens is 2.